The molecule has 1 atom stereocenters. The Morgan fingerprint density at radius 1 is 1.17 bits per heavy atom. The lowest BCUT2D eigenvalue weighted by Crippen LogP contribution is -2.27. The lowest BCUT2D eigenvalue weighted by Gasteiger charge is -2.19. The lowest BCUT2D eigenvalue weighted by atomic mass is 10.0. The van der Waals surface area contributed by atoms with Crippen LogP contribution in [0.2, 0.25) is 0 Å². The largest absolute Gasteiger partial charge is 0.591 e. The van der Waals surface area contributed by atoms with E-state index < -0.39 is 16.1 Å². The van der Waals surface area contributed by atoms with Crippen LogP contribution in [0.3, 0.4) is 0 Å². The van der Waals surface area contributed by atoms with Crippen molar-refractivity contribution >= 4 is 28.0 Å². The van der Waals surface area contributed by atoms with E-state index in [1.165, 1.54) is 0 Å². The quantitative estimate of drug-likeness (QED) is 0.466. The van der Waals surface area contributed by atoms with E-state index >= 15 is 0 Å². The third-order valence-electron chi connectivity index (χ3n) is 4.95. The minimum atomic E-state index is -1.41. The summed E-state index contributed by atoms with van der Waals surface area (Å²) in [5, 5.41) is 0.519. The molecule has 3 aromatic rings. The van der Waals surface area contributed by atoms with Crippen molar-refractivity contribution in [3.05, 3.63) is 57.1 Å². The summed E-state index contributed by atoms with van der Waals surface area (Å²) in [6, 6.07) is 5.75. The van der Waals surface area contributed by atoms with Gasteiger partial charge >= 0.3 is 0 Å². The molecule has 30 heavy (non-hydrogen) atoms. The Balaban J connectivity index is 2.34. The first kappa shape index (κ1) is 22.2. The van der Waals surface area contributed by atoms with Crippen molar-refractivity contribution in [1.29, 1.82) is 0 Å². The lowest BCUT2D eigenvalue weighted by molar-refractivity contribution is 0.561. The third kappa shape index (κ3) is 4.18. The maximum absolute atomic E-state index is 13.2. The summed E-state index contributed by atoms with van der Waals surface area (Å²) >= 11 is -1.41. The average molecular weight is 425 g/mol. The molecule has 2 heterocycles. The fraction of sp³-hybridized carbons (Fsp3) is 0.391. The van der Waals surface area contributed by atoms with Crippen molar-refractivity contribution in [2.45, 2.75) is 53.2 Å². The molecule has 3 rings (SSSR count). The van der Waals surface area contributed by atoms with Gasteiger partial charge in [0.2, 0.25) is 0 Å². The number of hydrogen-bond acceptors (Lipinski definition) is 5. The predicted octanol–water partition coefficient (Wildman–Crippen LogP) is 4.19. The fourth-order valence-electron chi connectivity index (χ4n) is 3.28. The second-order valence-corrected chi connectivity index (χ2v) is 10.6. The molecule has 0 aliphatic carbocycles. The molecule has 0 aliphatic heterocycles. The molecule has 0 aliphatic rings. The molecule has 2 aromatic heterocycles. The highest BCUT2D eigenvalue weighted by molar-refractivity contribution is 7.91. The smallest absolute Gasteiger partial charge is 0.261 e. The summed E-state index contributed by atoms with van der Waals surface area (Å²) in [7, 11) is 1.72. The monoisotopic (exact) mass is 424 g/mol. The van der Waals surface area contributed by atoms with Crippen LogP contribution < -0.4 is 5.56 Å². The van der Waals surface area contributed by atoms with Gasteiger partial charge in [-0.1, -0.05) is 4.40 Å². The van der Waals surface area contributed by atoms with E-state index in [2.05, 4.69) is 9.38 Å². The number of benzene rings is 1. The van der Waals surface area contributed by atoms with Gasteiger partial charge in [0.25, 0.3) is 5.56 Å². The predicted molar refractivity (Wildman–Crippen MR) is 125 cm³/mol. The summed E-state index contributed by atoms with van der Waals surface area (Å²) in [5.74, 6) is 0.548. The number of fused-ring (bicyclic) bond motifs is 1. The Labute approximate surface area is 180 Å². The first-order valence-electron chi connectivity index (χ1n) is 9.83. The van der Waals surface area contributed by atoms with E-state index in [0.29, 0.717) is 22.4 Å². The van der Waals surface area contributed by atoms with Crippen molar-refractivity contribution in [2.75, 3.05) is 0 Å². The first-order chi connectivity index (χ1) is 13.9. The Bertz CT molecular complexity index is 1220. The molecule has 0 saturated carbocycles. The van der Waals surface area contributed by atoms with Crippen molar-refractivity contribution in [2.24, 2.45) is 11.4 Å². The summed E-state index contributed by atoms with van der Waals surface area (Å²) in [6.45, 7) is 13.3. The Kier molecular flexibility index (Phi) is 5.89. The summed E-state index contributed by atoms with van der Waals surface area (Å²) in [6.07, 6.45) is 1.75. The normalized spacial score (nSPS) is 13.7. The highest BCUT2D eigenvalue weighted by Crippen LogP contribution is 2.26. The van der Waals surface area contributed by atoms with Gasteiger partial charge in [0.15, 0.2) is 0 Å². The molecule has 1 unspecified atom stereocenters. The zero-order chi connectivity index (χ0) is 22.4. The highest BCUT2D eigenvalue weighted by Gasteiger charge is 2.27. The Morgan fingerprint density at radius 2 is 1.83 bits per heavy atom. The van der Waals surface area contributed by atoms with Crippen LogP contribution in [0.15, 0.2) is 33.6 Å². The molecule has 0 bridgehead atoms. The van der Waals surface area contributed by atoms with Crippen LogP contribution in [0.4, 0.5) is 0 Å². The molecule has 7 heteroatoms. The molecule has 158 valence electrons. The van der Waals surface area contributed by atoms with E-state index in [-0.39, 0.29) is 5.56 Å². The molecular weight excluding hydrogens is 396 g/mol. The summed E-state index contributed by atoms with van der Waals surface area (Å²) in [5.41, 5.74) is 5.38. The van der Waals surface area contributed by atoms with Crippen LogP contribution in [0, 0.1) is 20.8 Å². The van der Waals surface area contributed by atoms with E-state index in [9.17, 15) is 9.35 Å². The topological polar surface area (TPSA) is 83.2 Å². The van der Waals surface area contributed by atoms with E-state index in [1.807, 2.05) is 66.7 Å². The second-order valence-electron chi connectivity index (χ2n) is 8.69. The van der Waals surface area contributed by atoms with E-state index in [0.717, 1.165) is 27.9 Å². The first-order valence-corrected chi connectivity index (χ1v) is 10.9. The molecule has 0 amide bonds. The molecule has 6 nitrogen and oxygen atoms in total. The van der Waals surface area contributed by atoms with Crippen LogP contribution in [-0.4, -0.2) is 29.5 Å². The Morgan fingerprint density at radius 3 is 2.43 bits per heavy atom. The van der Waals surface area contributed by atoms with Crippen LogP contribution >= 0.6 is 0 Å². The number of aromatic nitrogens is 3. The molecule has 1 aromatic carbocycles. The van der Waals surface area contributed by atoms with Crippen LogP contribution in [0.25, 0.3) is 22.3 Å². The number of pyridine rings is 1. The number of nitrogens with zero attached hydrogens (tertiary/aromatic N) is 4. The van der Waals surface area contributed by atoms with Gasteiger partial charge in [-0.05, 0) is 77.8 Å². The van der Waals surface area contributed by atoms with Gasteiger partial charge in [-0.3, -0.25) is 14.3 Å². The van der Waals surface area contributed by atoms with Crippen molar-refractivity contribution in [3.8, 4) is 11.4 Å². The molecule has 0 saturated heterocycles. The molecule has 0 N–H and O–H groups in total. The van der Waals surface area contributed by atoms with Crippen LogP contribution in [0.5, 0.6) is 0 Å². The minimum absolute atomic E-state index is 0.135. The summed E-state index contributed by atoms with van der Waals surface area (Å²) < 4.78 is 18.1. The standard InChI is InChI=1S/C23H28N4O2S/c1-13-9-17(16(4)26-30(29)23(5,6)7)20-18(10-13)22(28)27(8)21(25-20)19-12-24-15(3)11-14(19)2/h9-12H,1-8H3. The van der Waals surface area contributed by atoms with Gasteiger partial charge in [0.05, 0.1) is 16.6 Å². The van der Waals surface area contributed by atoms with Gasteiger partial charge in [-0.25, -0.2) is 4.98 Å². The van der Waals surface area contributed by atoms with Gasteiger partial charge in [0.1, 0.15) is 21.9 Å². The van der Waals surface area contributed by atoms with Crippen molar-refractivity contribution < 1.29 is 4.55 Å². The fourth-order valence-corrected chi connectivity index (χ4v) is 3.90. The SMILES string of the molecule is CC(=N[S+]([O-])C(C)(C)C)c1cc(C)cc2c(=O)n(C)c(-c3cnc(C)cc3C)nc12. The third-order valence-corrected chi connectivity index (χ3v) is 6.43. The van der Waals surface area contributed by atoms with Gasteiger partial charge in [-0.2, -0.15) is 0 Å². The molecular formula is C23H28N4O2S. The highest BCUT2D eigenvalue weighted by atomic mass is 32.2. The zero-order valence-electron chi connectivity index (χ0n) is 18.8. The van der Waals surface area contributed by atoms with Crippen molar-refractivity contribution in [1.82, 2.24) is 14.5 Å². The molecule has 0 fully saturated rings. The number of hydrogen-bond donors (Lipinski definition) is 0. The van der Waals surface area contributed by atoms with Crippen LogP contribution in [-0.2, 0) is 18.4 Å². The zero-order valence-corrected chi connectivity index (χ0v) is 19.6. The number of aryl methyl sites for hydroxylation is 3. The second kappa shape index (κ2) is 7.96. The average Bonchev–Trinajstić information content (AvgIpc) is 2.64. The maximum atomic E-state index is 13.2. The molecule has 0 spiro atoms. The Hall–Kier alpha value is -2.51. The maximum Gasteiger partial charge on any atom is 0.261 e. The van der Waals surface area contributed by atoms with Crippen LogP contribution in [0.1, 0.15) is 50.1 Å². The summed E-state index contributed by atoms with van der Waals surface area (Å²) in [4.78, 5) is 22.5. The van der Waals surface area contributed by atoms with Gasteiger partial charge in [-0.15, -0.1) is 0 Å². The molecule has 0 radical (unpaired) electrons. The van der Waals surface area contributed by atoms with Crippen molar-refractivity contribution in [3.63, 3.8) is 0 Å². The minimum Gasteiger partial charge on any atom is -0.591 e. The van der Waals surface area contributed by atoms with Gasteiger partial charge in [0, 0.05) is 30.1 Å². The van der Waals surface area contributed by atoms with Gasteiger partial charge < -0.3 is 4.55 Å². The van der Waals surface area contributed by atoms with E-state index in [4.69, 9.17) is 4.98 Å². The van der Waals surface area contributed by atoms with E-state index in [1.54, 1.807) is 17.8 Å². The number of rotatable bonds is 3.